The molecule has 0 N–H and O–H groups in total. The number of halogens is 1. The number of rotatable bonds is 3. The van der Waals surface area contributed by atoms with Crippen LogP contribution in [0.5, 0.6) is 0 Å². The van der Waals surface area contributed by atoms with Gasteiger partial charge in [-0.05, 0) is 18.2 Å². The summed E-state index contributed by atoms with van der Waals surface area (Å²) in [6.45, 7) is 0. The summed E-state index contributed by atoms with van der Waals surface area (Å²) in [6.07, 6.45) is 9.12. The van der Waals surface area contributed by atoms with E-state index in [1.54, 1.807) is 41.6 Å². The predicted molar refractivity (Wildman–Crippen MR) is 82.7 cm³/mol. The van der Waals surface area contributed by atoms with Crippen molar-refractivity contribution in [3.63, 3.8) is 0 Å². The zero-order chi connectivity index (χ0) is 15.7. The van der Waals surface area contributed by atoms with Crippen molar-refractivity contribution in [3.05, 3.63) is 54.3 Å². The van der Waals surface area contributed by atoms with Crippen molar-refractivity contribution in [1.29, 1.82) is 0 Å². The maximum atomic E-state index is 11.5. The second-order valence-electron chi connectivity index (χ2n) is 4.63. The van der Waals surface area contributed by atoms with Gasteiger partial charge in [0.2, 0.25) is 0 Å². The minimum atomic E-state index is -3.32. The molecule has 0 amide bonds. The quantitative estimate of drug-likeness (QED) is 0.735. The Hall–Kier alpha value is -2.25. The first-order chi connectivity index (χ1) is 10.5. The number of sulfone groups is 1. The molecule has 0 aliphatic rings. The van der Waals surface area contributed by atoms with Crippen LogP contribution in [-0.4, -0.2) is 34.2 Å². The Balaban J connectivity index is 2.08. The summed E-state index contributed by atoms with van der Waals surface area (Å²) in [6, 6.07) is 4.82. The Kier molecular flexibility index (Phi) is 3.67. The number of pyridine rings is 2. The average Bonchev–Trinajstić information content (AvgIpc) is 2.96. The summed E-state index contributed by atoms with van der Waals surface area (Å²) in [4.78, 5) is 12.2. The van der Waals surface area contributed by atoms with Crippen LogP contribution >= 0.6 is 11.6 Å². The zero-order valence-corrected chi connectivity index (χ0v) is 13.1. The van der Waals surface area contributed by atoms with E-state index in [-0.39, 0.29) is 5.03 Å². The summed E-state index contributed by atoms with van der Waals surface area (Å²) in [7, 11) is -3.32. The molecule has 0 spiro atoms. The lowest BCUT2D eigenvalue weighted by molar-refractivity contribution is 0.598. The van der Waals surface area contributed by atoms with E-state index in [4.69, 9.17) is 11.6 Å². The number of hydrogen-bond acceptors (Lipinski definition) is 5. The Bertz CT molecular complexity index is 920. The third-order valence-electron chi connectivity index (χ3n) is 3.06. The van der Waals surface area contributed by atoms with Crippen molar-refractivity contribution in [2.24, 2.45) is 0 Å². The minimum absolute atomic E-state index is 0.0253. The maximum Gasteiger partial charge on any atom is 0.192 e. The van der Waals surface area contributed by atoms with Crippen LogP contribution in [0.25, 0.3) is 16.9 Å². The van der Waals surface area contributed by atoms with Gasteiger partial charge in [0, 0.05) is 24.2 Å². The summed E-state index contributed by atoms with van der Waals surface area (Å²) in [5.41, 5.74) is 2.15. The molecule has 0 aliphatic carbocycles. The Labute approximate surface area is 132 Å². The highest BCUT2D eigenvalue weighted by Gasteiger charge is 2.12. The summed E-state index contributed by atoms with van der Waals surface area (Å²) in [5.74, 6) is 0. The first kappa shape index (κ1) is 14.7. The number of aromatic nitrogens is 4. The molecule has 0 saturated carbocycles. The van der Waals surface area contributed by atoms with E-state index in [1.165, 1.54) is 12.3 Å². The Morgan fingerprint density at radius 2 is 1.91 bits per heavy atom. The molecule has 0 saturated heterocycles. The number of imidazole rings is 1. The van der Waals surface area contributed by atoms with E-state index in [1.807, 2.05) is 0 Å². The van der Waals surface area contributed by atoms with Gasteiger partial charge in [-0.3, -0.25) is 9.55 Å². The van der Waals surface area contributed by atoms with Gasteiger partial charge >= 0.3 is 0 Å². The van der Waals surface area contributed by atoms with Gasteiger partial charge in [-0.15, -0.1) is 0 Å². The predicted octanol–water partition coefficient (Wildman–Crippen LogP) is 2.39. The maximum absolute atomic E-state index is 11.5. The monoisotopic (exact) mass is 334 g/mol. The van der Waals surface area contributed by atoms with Gasteiger partial charge in [0.1, 0.15) is 0 Å². The SMILES string of the molecule is CS(=O)(=O)c1ccc(-n2cncc2-c2cnccc2Cl)cn1. The van der Waals surface area contributed by atoms with Gasteiger partial charge in [-0.25, -0.2) is 18.4 Å². The molecular formula is C14H11ClN4O2S. The van der Waals surface area contributed by atoms with Crippen molar-refractivity contribution < 1.29 is 8.42 Å². The van der Waals surface area contributed by atoms with Crippen LogP contribution in [0.4, 0.5) is 0 Å². The van der Waals surface area contributed by atoms with Gasteiger partial charge in [0.15, 0.2) is 14.9 Å². The van der Waals surface area contributed by atoms with Crippen molar-refractivity contribution in [1.82, 2.24) is 19.5 Å². The molecule has 0 fully saturated rings. The number of hydrogen-bond donors (Lipinski definition) is 0. The highest BCUT2D eigenvalue weighted by atomic mass is 35.5. The van der Waals surface area contributed by atoms with E-state index < -0.39 is 9.84 Å². The number of nitrogens with zero attached hydrogens (tertiary/aromatic N) is 4. The molecule has 3 heterocycles. The van der Waals surface area contributed by atoms with Crippen LogP contribution in [-0.2, 0) is 9.84 Å². The average molecular weight is 335 g/mol. The van der Waals surface area contributed by atoms with E-state index in [2.05, 4.69) is 15.0 Å². The fraction of sp³-hybridized carbons (Fsp3) is 0.0714. The lowest BCUT2D eigenvalue weighted by Crippen LogP contribution is -2.02. The third-order valence-corrected chi connectivity index (χ3v) is 4.39. The largest absolute Gasteiger partial charge is 0.297 e. The highest BCUT2D eigenvalue weighted by Crippen LogP contribution is 2.28. The molecular weight excluding hydrogens is 324 g/mol. The first-order valence-corrected chi connectivity index (χ1v) is 8.52. The lowest BCUT2D eigenvalue weighted by Gasteiger charge is -2.09. The molecule has 22 heavy (non-hydrogen) atoms. The van der Waals surface area contributed by atoms with E-state index in [9.17, 15) is 8.42 Å². The van der Waals surface area contributed by atoms with Crippen LogP contribution in [0.2, 0.25) is 5.02 Å². The lowest BCUT2D eigenvalue weighted by atomic mass is 10.2. The van der Waals surface area contributed by atoms with Crippen molar-refractivity contribution in [3.8, 4) is 16.9 Å². The molecule has 0 aliphatic heterocycles. The van der Waals surface area contributed by atoms with Gasteiger partial charge in [-0.1, -0.05) is 11.6 Å². The third kappa shape index (κ3) is 2.72. The Morgan fingerprint density at radius 1 is 1.09 bits per heavy atom. The molecule has 3 rings (SSSR count). The first-order valence-electron chi connectivity index (χ1n) is 6.25. The van der Waals surface area contributed by atoms with Crippen LogP contribution in [0.3, 0.4) is 0 Å². The van der Waals surface area contributed by atoms with Crippen LogP contribution in [0.15, 0.2) is 54.3 Å². The Morgan fingerprint density at radius 3 is 2.55 bits per heavy atom. The molecule has 0 unspecified atom stereocenters. The van der Waals surface area contributed by atoms with Crippen molar-refractivity contribution >= 4 is 21.4 Å². The second-order valence-corrected chi connectivity index (χ2v) is 7.00. The smallest absolute Gasteiger partial charge is 0.192 e. The van der Waals surface area contributed by atoms with Gasteiger partial charge in [0.05, 0.1) is 35.1 Å². The van der Waals surface area contributed by atoms with Gasteiger partial charge in [-0.2, -0.15) is 0 Å². The zero-order valence-electron chi connectivity index (χ0n) is 11.5. The standard InChI is InChI=1S/C14H11ClN4O2S/c1-22(20,21)14-3-2-10(6-18-14)19-9-17-8-13(19)11-7-16-5-4-12(11)15/h2-9H,1H3. The van der Waals surface area contributed by atoms with Crippen molar-refractivity contribution in [2.75, 3.05) is 6.26 Å². The molecule has 3 aromatic heterocycles. The molecule has 6 nitrogen and oxygen atoms in total. The molecule has 0 bridgehead atoms. The summed E-state index contributed by atoms with van der Waals surface area (Å²) in [5, 5.41) is 0.579. The molecule has 8 heteroatoms. The molecule has 0 radical (unpaired) electrons. The topological polar surface area (TPSA) is 77.7 Å². The molecule has 3 aromatic rings. The molecule has 0 atom stereocenters. The van der Waals surface area contributed by atoms with Gasteiger partial charge < -0.3 is 0 Å². The molecule has 0 aromatic carbocycles. The minimum Gasteiger partial charge on any atom is -0.297 e. The normalized spacial score (nSPS) is 11.5. The van der Waals surface area contributed by atoms with Crippen LogP contribution < -0.4 is 0 Å². The van der Waals surface area contributed by atoms with Crippen LogP contribution in [0, 0.1) is 0 Å². The molecule has 112 valence electrons. The van der Waals surface area contributed by atoms with Crippen LogP contribution in [0.1, 0.15) is 0 Å². The fourth-order valence-corrected chi connectivity index (χ4v) is 2.76. The summed E-state index contributed by atoms with van der Waals surface area (Å²) < 4.78 is 24.7. The van der Waals surface area contributed by atoms with Gasteiger partial charge in [0.25, 0.3) is 0 Å². The van der Waals surface area contributed by atoms with E-state index in [0.29, 0.717) is 10.7 Å². The van der Waals surface area contributed by atoms with E-state index in [0.717, 1.165) is 17.5 Å². The second kappa shape index (κ2) is 5.51. The summed E-state index contributed by atoms with van der Waals surface area (Å²) >= 11 is 6.18. The fourth-order valence-electron chi connectivity index (χ4n) is 2.00. The highest BCUT2D eigenvalue weighted by molar-refractivity contribution is 7.90. The van der Waals surface area contributed by atoms with E-state index >= 15 is 0 Å². The van der Waals surface area contributed by atoms with Crippen molar-refractivity contribution in [2.45, 2.75) is 5.03 Å².